The van der Waals surface area contributed by atoms with Crippen molar-refractivity contribution in [3.8, 4) is 0 Å². The van der Waals surface area contributed by atoms with Gasteiger partial charge in [-0.05, 0) is 50.2 Å². The van der Waals surface area contributed by atoms with Crippen molar-refractivity contribution < 1.29 is 13.2 Å². The van der Waals surface area contributed by atoms with E-state index in [-0.39, 0.29) is 18.1 Å². The normalized spacial score (nSPS) is 17.1. The van der Waals surface area contributed by atoms with Gasteiger partial charge in [-0.1, -0.05) is 29.8 Å². The van der Waals surface area contributed by atoms with E-state index in [2.05, 4.69) is 11.4 Å². The number of nitrogens with one attached hydrogen (secondary N) is 1. The van der Waals surface area contributed by atoms with Crippen LogP contribution in [0.15, 0.2) is 35.9 Å². The quantitative estimate of drug-likeness (QED) is 0.759. The standard InChI is InChI=1S/C19H26N2O3S/c22-19(20-13-10-16-6-2-1-3-7-16)12-15-25(23,24)21-14-11-17-8-4-5-9-18(17)21/h4-6,8-9H,1-3,7,10-15H2,(H,20,22). The zero-order valence-electron chi connectivity index (χ0n) is 14.5. The molecule has 136 valence electrons. The van der Waals surface area contributed by atoms with Gasteiger partial charge >= 0.3 is 0 Å². The number of hydrogen-bond acceptors (Lipinski definition) is 3. The third-order valence-electron chi connectivity index (χ3n) is 4.92. The fraction of sp³-hybridized carbons (Fsp3) is 0.526. The molecule has 1 heterocycles. The number of rotatable bonds is 7. The Morgan fingerprint density at radius 1 is 1.16 bits per heavy atom. The molecule has 6 heteroatoms. The molecule has 0 radical (unpaired) electrons. The van der Waals surface area contributed by atoms with Gasteiger partial charge in [-0.2, -0.15) is 0 Å². The Morgan fingerprint density at radius 2 is 2.00 bits per heavy atom. The fourth-order valence-electron chi connectivity index (χ4n) is 3.51. The smallest absolute Gasteiger partial charge is 0.235 e. The van der Waals surface area contributed by atoms with E-state index in [0.717, 1.165) is 36.9 Å². The summed E-state index contributed by atoms with van der Waals surface area (Å²) in [5.74, 6) is -0.331. The highest BCUT2D eigenvalue weighted by atomic mass is 32.2. The van der Waals surface area contributed by atoms with Crippen LogP contribution < -0.4 is 9.62 Å². The number of fused-ring (bicyclic) bond motifs is 1. The number of sulfonamides is 1. The van der Waals surface area contributed by atoms with E-state index < -0.39 is 10.0 Å². The van der Waals surface area contributed by atoms with Gasteiger partial charge in [-0.3, -0.25) is 9.10 Å². The van der Waals surface area contributed by atoms with E-state index in [0.29, 0.717) is 13.1 Å². The first-order valence-electron chi connectivity index (χ1n) is 9.09. The van der Waals surface area contributed by atoms with Crippen LogP contribution in [0.5, 0.6) is 0 Å². The second-order valence-electron chi connectivity index (χ2n) is 6.72. The average Bonchev–Trinajstić information content (AvgIpc) is 3.06. The summed E-state index contributed by atoms with van der Waals surface area (Å²) < 4.78 is 26.6. The fourth-order valence-corrected chi connectivity index (χ4v) is 5.02. The third kappa shape index (κ3) is 4.63. The Balaban J connectivity index is 1.46. The number of carbonyl (C=O) groups is 1. The lowest BCUT2D eigenvalue weighted by Gasteiger charge is -2.19. The molecule has 1 aromatic carbocycles. The Kier molecular flexibility index (Phi) is 5.78. The first-order valence-corrected chi connectivity index (χ1v) is 10.7. The zero-order valence-corrected chi connectivity index (χ0v) is 15.4. The molecule has 0 unspecified atom stereocenters. The minimum Gasteiger partial charge on any atom is -0.356 e. The summed E-state index contributed by atoms with van der Waals surface area (Å²) >= 11 is 0. The van der Waals surface area contributed by atoms with Crippen molar-refractivity contribution in [3.05, 3.63) is 41.5 Å². The first kappa shape index (κ1) is 18.0. The molecule has 2 aliphatic rings. The van der Waals surface area contributed by atoms with Crippen molar-refractivity contribution in [2.45, 2.75) is 44.9 Å². The van der Waals surface area contributed by atoms with E-state index in [9.17, 15) is 13.2 Å². The van der Waals surface area contributed by atoms with Crippen LogP contribution in [0.1, 0.15) is 44.1 Å². The van der Waals surface area contributed by atoms with Crippen LogP contribution in [0.3, 0.4) is 0 Å². The molecule has 0 spiro atoms. The van der Waals surface area contributed by atoms with Crippen molar-refractivity contribution in [1.29, 1.82) is 0 Å². The lowest BCUT2D eigenvalue weighted by Crippen LogP contribution is -2.34. The number of anilines is 1. The second-order valence-corrected chi connectivity index (χ2v) is 8.74. The SMILES string of the molecule is O=C(CCS(=O)(=O)N1CCc2ccccc21)NCCC1=CCCCC1. The molecule has 0 bridgehead atoms. The molecule has 3 rings (SSSR count). The summed E-state index contributed by atoms with van der Waals surface area (Å²) in [4.78, 5) is 12.0. The van der Waals surface area contributed by atoms with Crippen LogP contribution in [0.2, 0.25) is 0 Å². The number of hydrogen-bond donors (Lipinski definition) is 1. The molecule has 25 heavy (non-hydrogen) atoms. The Labute approximate surface area is 150 Å². The number of carbonyl (C=O) groups excluding carboxylic acids is 1. The molecule has 1 aliphatic carbocycles. The van der Waals surface area contributed by atoms with Gasteiger partial charge in [0.1, 0.15) is 0 Å². The van der Waals surface area contributed by atoms with Gasteiger partial charge in [0.2, 0.25) is 15.9 Å². The highest BCUT2D eigenvalue weighted by Crippen LogP contribution is 2.30. The Bertz CT molecular complexity index is 756. The van der Waals surface area contributed by atoms with Gasteiger partial charge in [0.25, 0.3) is 0 Å². The number of benzene rings is 1. The molecule has 0 saturated heterocycles. The summed E-state index contributed by atoms with van der Waals surface area (Å²) in [5, 5.41) is 2.85. The molecular weight excluding hydrogens is 336 g/mol. The summed E-state index contributed by atoms with van der Waals surface area (Å²) in [6, 6.07) is 7.55. The third-order valence-corrected chi connectivity index (χ3v) is 6.69. The van der Waals surface area contributed by atoms with E-state index in [1.165, 1.54) is 22.7 Å². The largest absolute Gasteiger partial charge is 0.356 e. The number of allylic oxidation sites excluding steroid dienone is 1. The zero-order chi connectivity index (χ0) is 17.7. The minimum atomic E-state index is -3.45. The van der Waals surface area contributed by atoms with E-state index >= 15 is 0 Å². The number of nitrogens with zero attached hydrogens (tertiary/aromatic N) is 1. The molecule has 1 N–H and O–H groups in total. The predicted molar refractivity (Wildman–Crippen MR) is 100 cm³/mol. The maximum atomic E-state index is 12.6. The van der Waals surface area contributed by atoms with Crippen LogP contribution in [0.25, 0.3) is 0 Å². The van der Waals surface area contributed by atoms with Crippen molar-refractivity contribution in [3.63, 3.8) is 0 Å². The summed E-state index contributed by atoms with van der Waals surface area (Å²) in [6.07, 6.45) is 8.64. The van der Waals surface area contributed by atoms with Crippen molar-refractivity contribution in [2.75, 3.05) is 23.1 Å². The molecule has 0 fully saturated rings. The van der Waals surface area contributed by atoms with Gasteiger partial charge in [0.15, 0.2) is 0 Å². The van der Waals surface area contributed by atoms with E-state index in [1.807, 2.05) is 24.3 Å². The second kappa shape index (κ2) is 8.04. The van der Waals surface area contributed by atoms with Gasteiger partial charge in [0, 0.05) is 19.5 Å². The molecule has 0 atom stereocenters. The summed E-state index contributed by atoms with van der Waals surface area (Å²) in [7, 11) is -3.45. The van der Waals surface area contributed by atoms with Crippen LogP contribution in [0.4, 0.5) is 5.69 Å². The van der Waals surface area contributed by atoms with Gasteiger partial charge in [-0.25, -0.2) is 8.42 Å². The summed E-state index contributed by atoms with van der Waals surface area (Å²) in [5.41, 5.74) is 3.22. The maximum absolute atomic E-state index is 12.6. The molecule has 1 amide bonds. The van der Waals surface area contributed by atoms with Gasteiger partial charge in [0.05, 0.1) is 11.4 Å². The topological polar surface area (TPSA) is 66.5 Å². The molecule has 0 aromatic heterocycles. The van der Waals surface area contributed by atoms with Crippen molar-refractivity contribution >= 4 is 21.6 Å². The van der Waals surface area contributed by atoms with E-state index in [1.54, 1.807) is 0 Å². The van der Waals surface area contributed by atoms with Gasteiger partial charge in [-0.15, -0.1) is 0 Å². The van der Waals surface area contributed by atoms with Crippen molar-refractivity contribution in [2.24, 2.45) is 0 Å². The Morgan fingerprint density at radius 3 is 2.80 bits per heavy atom. The molecule has 0 saturated carbocycles. The molecule has 5 nitrogen and oxygen atoms in total. The molecule has 1 aliphatic heterocycles. The Hall–Kier alpha value is -1.82. The van der Waals surface area contributed by atoms with Crippen LogP contribution in [0, 0.1) is 0 Å². The molecule has 1 aromatic rings. The minimum absolute atomic E-state index is 0.0139. The molecular formula is C19H26N2O3S. The number of para-hydroxylation sites is 1. The number of amides is 1. The van der Waals surface area contributed by atoms with Crippen molar-refractivity contribution in [1.82, 2.24) is 5.32 Å². The van der Waals surface area contributed by atoms with Gasteiger partial charge < -0.3 is 5.32 Å². The monoisotopic (exact) mass is 362 g/mol. The highest BCUT2D eigenvalue weighted by molar-refractivity contribution is 7.92. The average molecular weight is 362 g/mol. The first-order chi connectivity index (χ1) is 12.1. The van der Waals surface area contributed by atoms with Crippen LogP contribution in [-0.4, -0.2) is 33.2 Å². The lowest BCUT2D eigenvalue weighted by atomic mass is 9.97. The maximum Gasteiger partial charge on any atom is 0.235 e. The predicted octanol–water partition coefficient (Wildman–Crippen LogP) is 2.78. The lowest BCUT2D eigenvalue weighted by molar-refractivity contribution is -0.120. The van der Waals surface area contributed by atoms with E-state index in [4.69, 9.17) is 0 Å². The highest BCUT2D eigenvalue weighted by Gasteiger charge is 2.29. The van der Waals surface area contributed by atoms with Crippen LogP contribution in [-0.2, 0) is 21.2 Å². The summed E-state index contributed by atoms with van der Waals surface area (Å²) in [6.45, 7) is 1.06. The van der Waals surface area contributed by atoms with Crippen LogP contribution >= 0.6 is 0 Å².